The molecule has 7 aliphatic rings. The summed E-state index contributed by atoms with van der Waals surface area (Å²) in [5.74, 6) is -12.4. The zero-order valence-corrected chi connectivity index (χ0v) is 63.8. The molecule has 0 saturated carbocycles. The molecule has 572 valence electrons. The van der Waals surface area contributed by atoms with Crippen molar-refractivity contribution in [2.24, 2.45) is 23.7 Å². The quantitative estimate of drug-likeness (QED) is 0.0814. The van der Waals surface area contributed by atoms with E-state index in [1.54, 1.807) is 62.3 Å². The number of hydrogen-bond acceptors (Lipinski definition) is 21. The summed E-state index contributed by atoms with van der Waals surface area (Å²) in [6, 6.07) is -8.20. The van der Waals surface area contributed by atoms with Gasteiger partial charge in [0, 0.05) is 77.1 Å². The molecule has 6 heterocycles. The van der Waals surface area contributed by atoms with Crippen LogP contribution in [0.2, 0.25) is 0 Å². The minimum absolute atomic E-state index is 0.0425. The van der Waals surface area contributed by atoms with E-state index in [1.165, 1.54) is 80.7 Å². The van der Waals surface area contributed by atoms with Crippen LogP contribution in [0.1, 0.15) is 167 Å². The molecule has 0 aromatic heterocycles. The minimum Gasteiger partial charge on any atom is -0.784 e. The number of carbonyl (C=O) groups excluding carboxylic acids is 12. The summed E-state index contributed by atoms with van der Waals surface area (Å²) in [6.45, 7) is 26.1. The monoisotopic (exact) mass is 1450 g/mol. The lowest BCUT2D eigenvalue weighted by molar-refractivity contribution is -0.163. The first-order valence-corrected chi connectivity index (χ1v) is 36.1. The molecule has 0 spiro atoms. The highest BCUT2D eigenvalue weighted by atomic mass is 16.6. The zero-order valence-electron chi connectivity index (χ0n) is 63.8. The number of hydroxylamine groups is 2. The number of rotatable bonds is 13. The summed E-state index contributed by atoms with van der Waals surface area (Å²) in [5.41, 5.74) is -3.79. The topological polar surface area (TPSA) is 384 Å². The van der Waals surface area contributed by atoms with Crippen LogP contribution in [-0.2, 0) is 57.4 Å². The third-order valence-electron chi connectivity index (χ3n) is 20.9. The van der Waals surface area contributed by atoms with Crippen LogP contribution in [0, 0.1) is 42.7 Å². The molecule has 31 nitrogen and oxygen atoms in total. The van der Waals surface area contributed by atoms with Crippen molar-refractivity contribution >= 4 is 87.8 Å². The molecule has 6 aliphatic heterocycles. The first-order valence-electron chi connectivity index (χ1n) is 36.1. The average molecular weight is 1450 g/mol. The number of likely N-dealkylation sites (N-methyl/N-ethyl adjacent to an activating group) is 4. The van der Waals surface area contributed by atoms with Gasteiger partial charge < -0.3 is 85.5 Å². The number of fused-ring (bicyclic) bond motifs is 4. The Morgan fingerprint density at radius 1 is 0.625 bits per heavy atom. The largest absolute Gasteiger partial charge is 0.784 e. The maximum atomic E-state index is 16.0. The Bertz CT molecular complexity index is 3850. The molecule has 6 N–H and O–H groups in total. The van der Waals surface area contributed by atoms with Gasteiger partial charge in [0.2, 0.25) is 52.7 Å². The van der Waals surface area contributed by atoms with Crippen molar-refractivity contribution in [1.29, 1.82) is 0 Å². The van der Waals surface area contributed by atoms with E-state index in [2.05, 4.69) is 31.9 Å². The number of aryl methyl sites for hydroxylation is 1. The fourth-order valence-electron chi connectivity index (χ4n) is 15.3. The van der Waals surface area contributed by atoms with E-state index in [1.807, 2.05) is 27.7 Å². The number of aromatic nitrogens is 1. The number of amides is 10. The number of nitrogens with zero attached hydrogens (tertiary/aromatic N) is 8. The fourth-order valence-corrected chi connectivity index (χ4v) is 15.3. The lowest BCUT2D eigenvalue weighted by atomic mass is 9.79. The molecule has 104 heavy (non-hydrogen) atoms. The summed E-state index contributed by atoms with van der Waals surface area (Å²) < 4.78 is 18.8. The van der Waals surface area contributed by atoms with E-state index in [0.717, 1.165) is 14.9 Å². The Kier molecular flexibility index (Phi) is 25.1. The average Bonchev–Trinajstić information content (AvgIpc) is 0.806. The van der Waals surface area contributed by atoms with Crippen LogP contribution in [-0.4, -0.2) is 256 Å². The lowest BCUT2D eigenvalue weighted by Gasteiger charge is -2.60. The molecule has 10 amide bonds. The van der Waals surface area contributed by atoms with Crippen LogP contribution < -0.4 is 37.3 Å². The van der Waals surface area contributed by atoms with Gasteiger partial charge in [0.25, 0.3) is 11.8 Å². The van der Waals surface area contributed by atoms with Crippen molar-refractivity contribution in [3.8, 4) is 11.5 Å². The predicted octanol–water partition coefficient (Wildman–Crippen LogP) is 2.66. The number of esters is 2. The van der Waals surface area contributed by atoms with E-state index in [9.17, 15) is 43.6 Å². The number of benzene rings is 2. The van der Waals surface area contributed by atoms with Gasteiger partial charge in [-0.15, -0.1) is 0 Å². The molecular weight excluding hydrogens is 1340 g/mol. The van der Waals surface area contributed by atoms with Crippen LogP contribution in [0.4, 0.5) is 5.69 Å². The minimum atomic E-state index is -1.91. The van der Waals surface area contributed by atoms with Crippen LogP contribution in [0.3, 0.4) is 0 Å². The normalized spacial score (nSPS) is 26.6. The van der Waals surface area contributed by atoms with Gasteiger partial charge in [-0.1, -0.05) is 61.5 Å². The molecule has 10 atom stereocenters. The van der Waals surface area contributed by atoms with Gasteiger partial charge in [-0.05, 0) is 129 Å². The van der Waals surface area contributed by atoms with Crippen LogP contribution in [0.25, 0.3) is 22.6 Å². The number of nitrogens with one attached hydrogen (secondary N) is 6. The Balaban J connectivity index is 1.27. The Morgan fingerprint density at radius 2 is 1.07 bits per heavy atom. The van der Waals surface area contributed by atoms with E-state index in [-0.39, 0.29) is 84.4 Å². The predicted molar refractivity (Wildman–Crippen MR) is 384 cm³/mol. The van der Waals surface area contributed by atoms with Gasteiger partial charge in [-0.25, -0.2) is 14.6 Å². The number of cyclic esters (lactones) is 2. The van der Waals surface area contributed by atoms with E-state index < -0.39 is 190 Å². The van der Waals surface area contributed by atoms with Crippen molar-refractivity contribution in [2.75, 3.05) is 72.8 Å². The molecule has 5 fully saturated rings. The number of carbonyl (C=O) groups is 12. The molecule has 8 rings (SSSR count). The molecule has 1 aliphatic carbocycles. The Labute approximate surface area is 607 Å². The highest BCUT2D eigenvalue weighted by Gasteiger charge is 2.48. The van der Waals surface area contributed by atoms with Gasteiger partial charge in [0.1, 0.15) is 71.8 Å². The van der Waals surface area contributed by atoms with Gasteiger partial charge in [-0.3, -0.25) is 52.7 Å². The molecular formula is C73H107N14O17-. The first-order chi connectivity index (χ1) is 48.5. The van der Waals surface area contributed by atoms with Crippen molar-refractivity contribution in [3.05, 3.63) is 49.8 Å². The molecule has 31 heteroatoms. The Hall–Kier alpha value is -8.84. The van der Waals surface area contributed by atoms with Gasteiger partial charge in [0.15, 0.2) is 11.3 Å². The third kappa shape index (κ3) is 16.8. The lowest BCUT2D eigenvalue weighted by Crippen LogP contribution is -2.61. The maximum Gasteiger partial charge on any atom is 0.329 e. The second-order valence-electron chi connectivity index (χ2n) is 31.4. The summed E-state index contributed by atoms with van der Waals surface area (Å²) in [6.07, 6.45) is -0.820. The van der Waals surface area contributed by atoms with E-state index >= 15 is 24.0 Å². The highest BCUT2D eigenvalue weighted by molar-refractivity contribution is 6.11. The summed E-state index contributed by atoms with van der Waals surface area (Å²) in [7, 11) is 5.61. The zero-order chi connectivity index (χ0) is 77.4. The number of ether oxygens (including phenoxy) is 2. The number of piperidine rings is 1. The molecule has 0 radical (unpaired) electrons. The molecule has 1 aromatic rings. The van der Waals surface area contributed by atoms with Crippen LogP contribution >= 0.6 is 0 Å². The van der Waals surface area contributed by atoms with Crippen LogP contribution in [0.15, 0.2) is 21.3 Å². The maximum absolute atomic E-state index is 16.0. The van der Waals surface area contributed by atoms with Crippen molar-refractivity contribution in [1.82, 2.24) is 66.0 Å². The Morgan fingerprint density at radius 3 is 1.50 bits per heavy atom. The number of hydrogen-bond donors (Lipinski definition) is 6. The number of anilines is 1. The molecule has 0 bridgehead atoms. The molecule has 0 unspecified atom stereocenters. The molecule has 5 saturated heterocycles. The van der Waals surface area contributed by atoms with E-state index in [0.29, 0.717) is 31.2 Å². The van der Waals surface area contributed by atoms with Gasteiger partial charge in [0.05, 0.1) is 29.9 Å². The highest BCUT2D eigenvalue weighted by Crippen LogP contribution is 2.39. The van der Waals surface area contributed by atoms with Crippen LogP contribution in [0.5, 0.6) is 0 Å². The smallest absolute Gasteiger partial charge is 0.329 e. The van der Waals surface area contributed by atoms with E-state index in [4.69, 9.17) is 18.9 Å². The van der Waals surface area contributed by atoms with Crippen molar-refractivity contribution in [3.63, 3.8) is 0 Å². The SMILES string of the molecule is Cc1c2oc3c(C)ccc(C(=O)N[C@@H]4C(=O)N[C@H](C(C)C)C(=O)N5CCC[C@H]5C(=O)N(C)CC(=O)N(C)[C@@H](C(C)C)C(=O)O[C@@H]4C)c3nc-2c(C(=O)N[C@@H]2C(=O)N[C@H](C(C)C)C(=O)N3CCC[C@H]3C(=O)N(C)CC(=O)N(C)[C@@H](C(C)C)C(=O)O[C@@H]2C)c(NCCNC2CC(C)(C)N([O-])C(C)(C)C2)c1=O. The summed E-state index contributed by atoms with van der Waals surface area (Å²) in [5, 5.41) is 32.1. The fraction of sp³-hybridized carbons (Fsp3) is 0.671. The van der Waals surface area contributed by atoms with Gasteiger partial charge >= 0.3 is 11.9 Å². The second kappa shape index (κ2) is 32.3. The third-order valence-corrected chi connectivity index (χ3v) is 20.9. The second-order valence-corrected chi connectivity index (χ2v) is 31.4. The standard InChI is InChI=1S/C73H107N14O17/c1-35(2)50-68(97)85-29-21-23-45(85)66(95)81(17)33-47(88)83(19)57(37(5)6)70(99)102-41(11)52(64(93)77-50)79-62(91)44-26-25-39(9)60-54(44)76-56-49(55(59(90)40(10)61(56)104-60)75-28-27-74-43-31-72(13,14)87(101)73(15,16)32-43)63(92)80-53-42(12)103-71(100)58(38(7)8)84(20)48(89)34-82(18)67(96)46-24-22-30-86(46)69(98)51(36(3)4)78-65(53)94/h25-26,35-38,41-43,45-46,50-53,57-58,74-75H,21-24,27-34H2,1-20H3,(H,77,93)(H,78,94)(H,79,91)(H,80,92)/q-1/t41-,42-,45+,46+,50-,51-,52+,53+,57+,58+/m1/s1. The summed E-state index contributed by atoms with van der Waals surface area (Å²) >= 11 is 0. The summed E-state index contributed by atoms with van der Waals surface area (Å²) in [4.78, 5) is 204. The molecule has 1 aromatic carbocycles. The van der Waals surface area contributed by atoms with Crippen molar-refractivity contribution in [2.45, 2.75) is 227 Å². The van der Waals surface area contributed by atoms with Gasteiger partial charge in [-0.2, -0.15) is 0 Å². The van der Waals surface area contributed by atoms with Crippen molar-refractivity contribution < 1.29 is 71.4 Å². The first kappa shape index (κ1) is 80.8.